The van der Waals surface area contributed by atoms with E-state index in [0.717, 1.165) is 20.9 Å². The summed E-state index contributed by atoms with van der Waals surface area (Å²) in [4.78, 5) is 12.6. The smallest absolute Gasteiger partial charge is 0.229 e. The first kappa shape index (κ1) is 14.6. The van der Waals surface area contributed by atoms with E-state index < -0.39 is 10.0 Å². The number of rotatable bonds is 4. The summed E-state index contributed by atoms with van der Waals surface area (Å²) in [6.45, 7) is 0. The molecule has 0 unspecified atom stereocenters. The van der Waals surface area contributed by atoms with Crippen molar-refractivity contribution < 1.29 is 13.2 Å². The maximum Gasteiger partial charge on any atom is 0.229 e. The molecular formula is C14H13NO3S3. The molecule has 0 bridgehead atoms. The van der Waals surface area contributed by atoms with E-state index in [1.807, 2.05) is 23.6 Å². The predicted molar refractivity (Wildman–Crippen MR) is 86.0 cm³/mol. The van der Waals surface area contributed by atoms with Crippen molar-refractivity contribution >= 4 is 44.6 Å². The van der Waals surface area contributed by atoms with E-state index in [-0.39, 0.29) is 5.78 Å². The summed E-state index contributed by atoms with van der Waals surface area (Å²) in [5.41, 5.74) is 2.18. The molecule has 0 amide bonds. The standard InChI is InChI=1S/C14H13NO3S3/c1-21(17,18)15-11-7-9-4-5-12(16)10(9)8-13(11)20-14-3-2-6-19-14/h2-3,6-8,15H,4-5H2,1H3. The Kier molecular flexibility index (Phi) is 3.81. The summed E-state index contributed by atoms with van der Waals surface area (Å²) in [5, 5.41) is 1.96. The summed E-state index contributed by atoms with van der Waals surface area (Å²) in [6.07, 6.45) is 2.31. The van der Waals surface area contributed by atoms with Crippen molar-refractivity contribution in [3.8, 4) is 0 Å². The van der Waals surface area contributed by atoms with E-state index in [9.17, 15) is 13.2 Å². The third kappa shape index (κ3) is 3.30. The number of carbonyl (C=O) groups is 1. The number of hydrogen-bond donors (Lipinski definition) is 1. The molecule has 0 saturated heterocycles. The molecule has 0 atom stereocenters. The highest BCUT2D eigenvalue weighted by Crippen LogP contribution is 2.39. The van der Waals surface area contributed by atoms with E-state index >= 15 is 0 Å². The Morgan fingerprint density at radius 2 is 2.10 bits per heavy atom. The molecule has 1 aromatic carbocycles. The molecular weight excluding hydrogens is 326 g/mol. The zero-order valence-corrected chi connectivity index (χ0v) is 13.7. The van der Waals surface area contributed by atoms with Crippen molar-refractivity contribution in [1.82, 2.24) is 0 Å². The average molecular weight is 339 g/mol. The molecule has 1 heterocycles. The number of anilines is 1. The zero-order chi connectivity index (χ0) is 15.0. The number of ketones is 1. The molecule has 1 aliphatic carbocycles. The largest absolute Gasteiger partial charge is 0.294 e. The lowest BCUT2D eigenvalue weighted by molar-refractivity contribution is 0.0994. The highest BCUT2D eigenvalue weighted by atomic mass is 32.2. The second kappa shape index (κ2) is 5.47. The maximum absolute atomic E-state index is 11.9. The lowest BCUT2D eigenvalue weighted by atomic mass is 10.1. The Morgan fingerprint density at radius 3 is 2.76 bits per heavy atom. The number of Topliss-reactive ketones (excluding diaryl/α,β-unsaturated/α-hetero) is 1. The van der Waals surface area contributed by atoms with Crippen LogP contribution < -0.4 is 4.72 Å². The van der Waals surface area contributed by atoms with Crippen LogP contribution in [0.25, 0.3) is 0 Å². The van der Waals surface area contributed by atoms with Crippen molar-refractivity contribution in [3.05, 3.63) is 40.8 Å². The first-order valence-corrected chi connectivity index (χ1v) is 9.90. The summed E-state index contributed by atoms with van der Waals surface area (Å²) in [6, 6.07) is 7.50. The van der Waals surface area contributed by atoms with E-state index in [1.54, 1.807) is 17.4 Å². The first-order valence-electron chi connectivity index (χ1n) is 6.32. The van der Waals surface area contributed by atoms with Crippen LogP contribution in [0.3, 0.4) is 0 Å². The molecule has 1 aliphatic rings. The van der Waals surface area contributed by atoms with E-state index in [0.29, 0.717) is 24.1 Å². The van der Waals surface area contributed by atoms with Gasteiger partial charge in [0.05, 0.1) is 16.2 Å². The minimum absolute atomic E-state index is 0.129. The van der Waals surface area contributed by atoms with E-state index in [2.05, 4.69) is 4.72 Å². The van der Waals surface area contributed by atoms with Gasteiger partial charge in [0.2, 0.25) is 10.0 Å². The fourth-order valence-electron chi connectivity index (χ4n) is 2.27. The minimum Gasteiger partial charge on any atom is -0.294 e. The molecule has 0 saturated carbocycles. The second-order valence-corrected chi connectivity index (χ2v) is 8.88. The van der Waals surface area contributed by atoms with Gasteiger partial charge in [-0.15, -0.1) is 11.3 Å². The quantitative estimate of drug-likeness (QED) is 0.927. The van der Waals surface area contributed by atoms with E-state index in [4.69, 9.17) is 0 Å². The van der Waals surface area contributed by atoms with Crippen molar-refractivity contribution in [2.75, 3.05) is 11.0 Å². The van der Waals surface area contributed by atoms with E-state index in [1.165, 1.54) is 11.8 Å². The topological polar surface area (TPSA) is 63.2 Å². The summed E-state index contributed by atoms with van der Waals surface area (Å²) < 4.78 is 26.7. The van der Waals surface area contributed by atoms with Gasteiger partial charge in [-0.3, -0.25) is 9.52 Å². The van der Waals surface area contributed by atoms with Crippen LogP contribution in [0.2, 0.25) is 0 Å². The molecule has 0 fully saturated rings. The van der Waals surface area contributed by atoms with Crippen LogP contribution >= 0.6 is 23.1 Å². The van der Waals surface area contributed by atoms with Gasteiger partial charge in [0.1, 0.15) is 0 Å². The first-order chi connectivity index (χ1) is 9.92. The normalized spacial score (nSPS) is 14.2. The van der Waals surface area contributed by atoms with Crippen molar-refractivity contribution in [3.63, 3.8) is 0 Å². The number of aryl methyl sites for hydroxylation is 1. The fraction of sp³-hybridized carbons (Fsp3) is 0.214. The number of nitrogens with one attached hydrogen (secondary N) is 1. The number of hydrogen-bond acceptors (Lipinski definition) is 5. The van der Waals surface area contributed by atoms with Gasteiger partial charge in [-0.25, -0.2) is 8.42 Å². The fourth-order valence-corrected chi connectivity index (χ4v) is 4.74. The Bertz CT molecular complexity index is 795. The van der Waals surface area contributed by atoms with Crippen LogP contribution in [-0.4, -0.2) is 20.5 Å². The van der Waals surface area contributed by atoms with Crippen LogP contribution in [0.15, 0.2) is 38.8 Å². The summed E-state index contributed by atoms with van der Waals surface area (Å²) >= 11 is 3.05. The summed E-state index contributed by atoms with van der Waals surface area (Å²) in [5.74, 6) is 0.129. The SMILES string of the molecule is CS(=O)(=O)Nc1cc2c(cc1Sc1cccs1)C(=O)CC2. The monoisotopic (exact) mass is 339 g/mol. The number of sulfonamides is 1. The summed E-state index contributed by atoms with van der Waals surface area (Å²) in [7, 11) is -3.35. The maximum atomic E-state index is 11.9. The van der Waals surface area contributed by atoms with Gasteiger partial charge in [-0.1, -0.05) is 17.8 Å². The van der Waals surface area contributed by atoms with Gasteiger partial charge in [-0.05, 0) is 35.6 Å². The third-order valence-corrected chi connectivity index (χ3v) is 5.81. The van der Waals surface area contributed by atoms with Crippen molar-refractivity contribution in [1.29, 1.82) is 0 Å². The minimum atomic E-state index is -3.35. The molecule has 4 nitrogen and oxygen atoms in total. The van der Waals surface area contributed by atoms with Crippen LogP contribution in [0, 0.1) is 0 Å². The molecule has 2 aromatic rings. The van der Waals surface area contributed by atoms with Gasteiger partial charge in [0, 0.05) is 16.9 Å². The van der Waals surface area contributed by atoms with Gasteiger partial charge in [0.15, 0.2) is 5.78 Å². The van der Waals surface area contributed by atoms with Crippen molar-refractivity contribution in [2.45, 2.75) is 21.9 Å². The van der Waals surface area contributed by atoms with Gasteiger partial charge in [0.25, 0.3) is 0 Å². The molecule has 0 aliphatic heterocycles. The molecule has 3 rings (SSSR count). The Hall–Kier alpha value is -1.31. The molecule has 21 heavy (non-hydrogen) atoms. The van der Waals surface area contributed by atoms with Gasteiger partial charge in [-0.2, -0.15) is 0 Å². The Labute approximate surface area is 131 Å². The van der Waals surface area contributed by atoms with Crippen LogP contribution in [0.1, 0.15) is 22.3 Å². The molecule has 7 heteroatoms. The van der Waals surface area contributed by atoms with Crippen LogP contribution in [0.4, 0.5) is 5.69 Å². The predicted octanol–water partition coefficient (Wildman–Crippen LogP) is 3.40. The lowest BCUT2D eigenvalue weighted by Gasteiger charge is -2.12. The number of benzene rings is 1. The lowest BCUT2D eigenvalue weighted by Crippen LogP contribution is -2.11. The van der Waals surface area contributed by atoms with Gasteiger partial charge < -0.3 is 0 Å². The molecule has 0 spiro atoms. The molecule has 110 valence electrons. The van der Waals surface area contributed by atoms with Crippen LogP contribution in [0.5, 0.6) is 0 Å². The molecule has 1 aromatic heterocycles. The van der Waals surface area contributed by atoms with Gasteiger partial charge >= 0.3 is 0 Å². The number of fused-ring (bicyclic) bond motifs is 1. The molecule has 0 radical (unpaired) electrons. The Morgan fingerprint density at radius 1 is 1.29 bits per heavy atom. The van der Waals surface area contributed by atoms with Crippen molar-refractivity contribution in [2.24, 2.45) is 0 Å². The molecule has 1 N–H and O–H groups in total. The Balaban J connectivity index is 2.06. The third-order valence-electron chi connectivity index (χ3n) is 3.13. The highest BCUT2D eigenvalue weighted by molar-refractivity contribution is 8.01. The average Bonchev–Trinajstić information content (AvgIpc) is 3.00. The zero-order valence-electron chi connectivity index (χ0n) is 11.3. The second-order valence-electron chi connectivity index (χ2n) is 4.84. The number of thiophene rings is 1. The van der Waals surface area contributed by atoms with Crippen LogP contribution in [-0.2, 0) is 16.4 Å². The number of carbonyl (C=O) groups excluding carboxylic acids is 1. The highest BCUT2D eigenvalue weighted by Gasteiger charge is 2.23.